The van der Waals surface area contributed by atoms with E-state index in [0.717, 1.165) is 41.5 Å². The third kappa shape index (κ3) is 3.35. The van der Waals surface area contributed by atoms with Gasteiger partial charge in [0.25, 0.3) is 0 Å². The molecule has 136 valence electrons. The van der Waals surface area contributed by atoms with Crippen LogP contribution in [0.15, 0.2) is 36.5 Å². The molecule has 7 nitrogen and oxygen atoms in total. The number of nitrogens with zero attached hydrogens (tertiary/aromatic N) is 5. The van der Waals surface area contributed by atoms with Crippen LogP contribution in [0.25, 0.3) is 11.0 Å². The van der Waals surface area contributed by atoms with Gasteiger partial charge in [0.2, 0.25) is 0 Å². The van der Waals surface area contributed by atoms with Gasteiger partial charge >= 0.3 is 0 Å². The number of rotatable bonds is 4. The number of hydrogen-bond acceptors (Lipinski definition) is 6. The molecule has 1 fully saturated rings. The third-order valence-corrected chi connectivity index (χ3v) is 4.63. The van der Waals surface area contributed by atoms with Crippen LogP contribution >= 0.6 is 0 Å². The van der Waals surface area contributed by atoms with Crippen LogP contribution in [0.3, 0.4) is 0 Å². The van der Waals surface area contributed by atoms with Gasteiger partial charge in [-0.3, -0.25) is 4.68 Å². The molecular formula is C19H24N6O. The number of benzene rings is 1. The number of morpholine rings is 1. The van der Waals surface area contributed by atoms with Crippen LogP contribution in [0.4, 0.5) is 11.6 Å². The Morgan fingerprint density at radius 1 is 1.08 bits per heavy atom. The predicted octanol–water partition coefficient (Wildman–Crippen LogP) is 2.59. The van der Waals surface area contributed by atoms with Gasteiger partial charge in [-0.25, -0.2) is 9.97 Å². The summed E-state index contributed by atoms with van der Waals surface area (Å²) in [5, 5.41) is 7.68. The average molecular weight is 352 g/mol. The highest BCUT2D eigenvalue weighted by Gasteiger charge is 2.26. The van der Waals surface area contributed by atoms with Crippen molar-refractivity contribution >= 4 is 22.7 Å². The highest BCUT2D eigenvalue weighted by atomic mass is 16.5. The molecule has 3 aromatic rings. The minimum absolute atomic E-state index is 0.164. The van der Waals surface area contributed by atoms with Crippen LogP contribution in [-0.4, -0.2) is 45.0 Å². The Morgan fingerprint density at radius 2 is 1.77 bits per heavy atom. The van der Waals surface area contributed by atoms with Gasteiger partial charge in [0.15, 0.2) is 11.6 Å². The Hall–Kier alpha value is -2.67. The Labute approximate surface area is 153 Å². The molecule has 0 radical (unpaired) electrons. The SMILES string of the molecule is CC1CN(c2nc3ccccc3nc2NCc2ccnn2C)CC(C)O1. The van der Waals surface area contributed by atoms with E-state index < -0.39 is 0 Å². The van der Waals surface area contributed by atoms with Gasteiger partial charge in [0.05, 0.1) is 35.5 Å². The first-order valence-electron chi connectivity index (χ1n) is 8.98. The molecule has 1 N–H and O–H groups in total. The highest BCUT2D eigenvalue weighted by molar-refractivity contribution is 5.80. The Bertz CT molecular complexity index is 898. The topological polar surface area (TPSA) is 68.1 Å². The Morgan fingerprint density at radius 3 is 2.42 bits per heavy atom. The zero-order chi connectivity index (χ0) is 18.1. The fourth-order valence-corrected chi connectivity index (χ4v) is 3.43. The summed E-state index contributed by atoms with van der Waals surface area (Å²) in [6.45, 7) is 6.45. The molecule has 7 heteroatoms. The molecule has 2 unspecified atom stereocenters. The third-order valence-electron chi connectivity index (χ3n) is 4.63. The fraction of sp³-hybridized carbons (Fsp3) is 0.421. The first-order chi connectivity index (χ1) is 12.6. The normalized spacial score (nSPS) is 20.5. The molecule has 2 atom stereocenters. The number of aromatic nitrogens is 4. The van der Waals surface area contributed by atoms with E-state index in [1.54, 1.807) is 6.20 Å². The molecule has 1 aromatic carbocycles. The van der Waals surface area contributed by atoms with E-state index in [1.807, 2.05) is 42.1 Å². The van der Waals surface area contributed by atoms with Gasteiger partial charge in [-0.1, -0.05) is 12.1 Å². The molecule has 1 aliphatic rings. The first-order valence-corrected chi connectivity index (χ1v) is 8.98. The molecule has 2 aromatic heterocycles. The Balaban J connectivity index is 1.70. The molecule has 1 saturated heterocycles. The van der Waals surface area contributed by atoms with Crippen LogP contribution in [0.2, 0.25) is 0 Å². The van der Waals surface area contributed by atoms with E-state index in [9.17, 15) is 0 Å². The highest BCUT2D eigenvalue weighted by Crippen LogP contribution is 2.28. The average Bonchev–Trinajstić information content (AvgIpc) is 3.03. The summed E-state index contributed by atoms with van der Waals surface area (Å²) in [5.41, 5.74) is 2.88. The second-order valence-electron chi connectivity index (χ2n) is 6.85. The van der Waals surface area contributed by atoms with Crippen LogP contribution in [0, 0.1) is 0 Å². The van der Waals surface area contributed by atoms with Gasteiger partial charge in [-0.05, 0) is 32.0 Å². The largest absolute Gasteiger partial charge is 0.372 e. The summed E-state index contributed by atoms with van der Waals surface area (Å²) >= 11 is 0. The number of anilines is 2. The molecule has 0 saturated carbocycles. The fourth-order valence-electron chi connectivity index (χ4n) is 3.43. The van der Waals surface area contributed by atoms with Crippen molar-refractivity contribution in [2.24, 2.45) is 7.05 Å². The minimum atomic E-state index is 0.164. The number of para-hydroxylation sites is 2. The van der Waals surface area contributed by atoms with Crippen molar-refractivity contribution in [2.75, 3.05) is 23.3 Å². The maximum atomic E-state index is 5.88. The number of aryl methyl sites for hydroxylation is 1. The van der Waals surface area contributed by atoms with Crippen LogP contribution in [0.5, 0.6) is 0 Å². The lowest BCUT2D eigenvalue weighted by atomic mass is 10.2. The molecule has 4 rings (SSSR count). The number of hydrogen-bond donors (Lipinski definition) is 1. The molecule has 0 spiro atoms. The second-order valence-corrected chi connectivity index (χ2v) is 6.85. The van der Waals surface area contributed by atoms with E-state index >= 15 is 0 Å². The van der Waals surface area contributed by atoms with Crippen molar-refractivity contribution in [1.82, 2.24) is 19.7 Å². The summed E-state index contributed by atoms with van der Waals surface area (Å²) in [4.78, 5) is 12.0. The van der Waals surface area contributed by atoms with E-state index in [1.165, 1.54) is 0 Å². The zero-order valence-corrected chi connectivity index (χ0v) is 15.4. The van der Waals surface area contributed by atoms with Crippen LogP contribution in [0.1, 0.15) is 19.5 Å². The van der Waals surface area contributed by atoms with E-state index in [0.29, 0.717) is 6.54 Å². The lowest BCUT2D eigenvalue weighted by molar-refractivity contribution is -0.00541. The monoisotopic (exact) mass is 352 g/mol. The van der Waals surface area contributed by atoms with Crippen molar-refractivity contribution in [2.45, 2.75) is 32.6 Å². The summed E-state index contributed by atoms with van der Waals surface area (Å²) < 4.78 is 7.74. The van der Waals surface area contributed by atoms with Crippen molar-refractivity contribution < 1.29 is 4.74 Å². The van der Waals surface area contributed by atoms with Crippen LogP contribution in [-0.2, 0) is 18.3 Å². The van der Waals surface area contributed by atoms with Gasteiger partial charge in [0.1, 0.15) is 0 Å². The van der Waals surface area contributed by atoms with Crippen molar-refractivity contribution in [1.29, 1.82) is 0 Å². The summed E-state index contributed by atoms with van der Waals surface area (Å²) in [7, 11) is 1.94. The molecule has 1 aliphatic heterocycles. The smallest absolute Gasteiger partial charge is 0.172 e. The molecule has 0 aliphatic carbocycles. The molecule has 26 heavy (non-hydrogen) atoms. The molecule has 0 amide bonds. The standard InChI is InChI=1S/C19H24N6O/c1-13-11-25(12-14(2)26-13)19-18(20-10-15-8-9-21-24(15)3)22-16-6-4-5-7-17(16)23-19/h4-9,13-14H,10-12H2,1-3H3,(H,20,22). The Kier molecular flexibility index (Phi) is 4.46. The molecule has 0 bridgehead atoms. The maximum Gasteiger partial charge on any atom is 0.172 e. The lowest BCUT2D eigenvalue weighted by Gasteiger charge is -2.36. The summed E-state index contributed by atoms with van der Waals surface area (Å²) in [6, 6.07) is 9.98. The second kappa shape index (κ2) is 6.92. The number of ether oxygens (including phenoxy) is 1. The number of nitrogens with one attached hydrogen (secondary N) is 1. The lowest BCUT2D eigenvalue weighted by Crippen LogP contribution is -2.46. The van der Waals surface area contributed by atoms with E-state index in [2.05, 4.69) is 29.2 Å². The van der Waals surface area contributed by atoms with Gasteiger partial charge in [-0.15, -0.1) is 0 Å². The zero-order valence-electron chi connectivity index (χ0n) is 15.4. The maximum absolute atomic E-state index is 5.88. The molecular weight excluding hydrogens is 328 g/mol. The minimum Gasteiger partial charge on any atom is -0.372 e. The van der Waals surface area contributed by atoms with Gasteiger partial charge < -0.3 is 15.0 Å². The van der Waals surface area contributed by atoms with E-state index in [4.69, 9.17) is 14.7 Å². The van der Waals surface area contributed by atoms with Crippen molar-refractivity contribution in [3.63, 3.8) is 0 Å². The predicted molar refractivity (Wildman–Crippen MR) is 102 cm³/mol. The van der Waals surface area contributed by atoms with Gasteiger partial charge in [-0.2, -0.15) is 5.10 Å². The first kappa shape index (κ1) is 16.8. The van der Waals surface area contributed by atoms with Gasteiger partial charge in [0, 0.05) is 26.3 Å². The van der Waals surface area contributed by atoms with E-state index in [-0.39, 0.29) is 12.2 Å². The van der Waals surface area contributed by atoms with Crippen molar-refractivity contribution in [3.8, 4) is 0 Å². The molecule has 3 heterocycles. The van der Waals surface area contributed by atoms with Crippen LogP contribution < -0.4 is 10.2 Å². The van der Waals surface area contributed by atoms with Crippen molar-refractivity contribution in [3.05, 3.63) is 42.2 Å². The summed E-state index contributed by atoms with van der Waals surface area (Å²) in [5.74, 6) is 1.68. The summed E-state index contributed by atoms with van der Waals surface area (Å²) in [6.07, 6.45) is 2.13. The quantitative estimate of drug-likeness (QED) is 0.778. The number of fused-ring (bicyclic) bond motifs is 1.